The van der Waals surface area contributed by atoms with Crippen molar-refractivity contribution >= 4 is 0 Å². The lowest BCUT2D eigenvalue weighted by molar-refractivity contribution is 0.306. The molecule has 0 amide bonds. The summed E-state index contributed by atoms with van der Waals surface area (Å²) in [4.78, 5) is 0. The van der Waals surface area contributed by atoms with E-state index < -0.39 is 0 Å². The van der Waals surface area contributed by atoms with Crippen LogP contribution in [0, 0.1) is 0 Å². The van der Waals surface area contributed by atoms with Gasteiger partial charge in [-0.05, 0) is 44.9 Å². The molecule has 0 bridgehead atoms. The number of ether oxygens (including phenoxy) is 1. The molecule has 2 nitrogen and oxygen atoms in total. The standard InChI is InChI=1S/C16H27NO/c1-5-6-7-12-18-15-10-8-14(9-11-15)13-17-16(2,3)4/h8-11,17H,5-7,12-13H2,1-4H3. The predicted octanol–water partition coefficient (Wildman–Crippen LogP) is 4.14. The molecule has 0 aromatic heterocycles. The Balaban J connectivity index is 2.33. The lowest BCUT2D eigenvalue weighted by atomic mass is 10.1. The molecule has 0 aliphatic heterocycles. The van der Waals surface area contributed by atoms with Gasteiger partial charge >= 0.3 is 0 Å². The van der Waals surface area contributed by atoms with Gasteiger partial charge < -0.3 is 10.1 Å². The van der Waals surface area contributed by atoms with Gasteiger partial charge in [-0.25, -0.2) is 0 Å². The van der Waals surface area contributed by atoms with Crippen molar-refractivity contribution in [3.8, 4) is 5.75 Å². The molecule has 0 spiro atoms. The molecular formula is C16H27NO. The third-order valence-corrected chi connectivity index (χ3v) is 2.76. The van der Waals surface area contributed by atoms with E-state index in [1.165, 1.54) is 18.4 Å². The number of hydrogen-bond donors (Lipinski definition) is 1. The normalized spacial score (nSPS) is 11.6. The van der Waals surface area contributed by atoms with E-state index in [4.69, 9.17) is 4.74 Å². The highest BCUT2D eigenvalue weighted by atomic mass is 16.5. The highest BCUT2D eigenvalue weighted by Gasteiger charge is 2.07. The Morgan fingerprint density at radius 2 is 1.72 bits per heavy atom. The number of benzene rings is 1. The quantitative estimate of drug-likeness (QED) is 0.733. The van der Waals surface area contributed by atoms with Crippen molar-refractivity contribution in [2.24, 2.45) is 0 Å². The molecule has 0 saturated heterocycles. The molecular weight excluding hydrogens is 222 g/mol. The van der Waals surface area contributed by atoms with Gasteiger partial charge in [0.2, 0.25) is 0 Å². The summed E-state index contributed by atoms with van der Waals surface area (Å²) in [5, 5.41) is 3.48. The molecule has 0 radical (unpaired) electrons. The fourth-order valence-electron chi connectivity index (χ4n) is 1.61. The molecule has 1 N–H and O–H groups in total. The van der Waals surface area contributed by atoms with Crippen molar-refractivity contribution in [3.05, 3.63) is 29.8 Å². The Hall–Kier alpha value is -1.02. The Morgan fingerprint density at radius 3 is 2.28 bits per heavy atom. The van der Waals surface area contributed by atoms with E-state index in [0.29, 0.717) is 0 Å². The molecule has 0 unspecified atom stereocenters. The van der Waals surface area contributed by atoms with E-state index in [1.807, 2.05) is 0 Å². The maximum absolute atomic E-state index is 5.69. The molecule has 0 heterocycles. The van der Waals surface area contributed by atoms with Gasteiger partial charge in [-0.2, -0.15) is 0 Å². The van der Waals surface area contributed by atoms with Crippen LogP contribution < -0.4 is 10.1 Å². The third kappa shape index (κ3) is 6.65. The second-order valence-electron chi connectivity index (χ2n) is 5.80. The van der Waals surface area contributed by atoms with E-state index in [9.17, 15) is 0 Å². The van der Waals surface area contributed by atoms with Crippen molar-refractivity contribution in [1.29, 1.82) is 0 Å². The van der Waals surface area contributed by atoms with Crippen molar-refractivity contribution in [1.82, 2.24) is 5.32 Å². The highest BCUT2D eigenvalue weighted by Crippen LogP contribution is 2.13. The predicted molar refractivity (Wildman–Crippen MR) is 78.1 cm³/mol. The first-order chi connectivity index (χ1) is 8.51. The van der Waals surface area contributed by atoms with Crippen molar-refractivity contribution < 1.29 is 4.74 Å². The van der Waals surface area contributed by atoms with Gasteiger partial charge in [0.05, 0.1) is 6.61 Å². The largest absolute Gasteiger partial charge is 0.494 e. The van der Waals surface area contributed by atoms with Crippen LogP contribution in [0.25, 0.3) is 0 Å². The molecule has 102 valence electrons. The zero-order chi connectivity index (χ0) is 13.4. The van der Waals surface area contributed by atoms with Gasteiger partial charge in [0.1, 0.15) is 5.75 Å². The van der Waals surface area contributed by atoms with E-state index in [2.05, 4.69) is 57.3 Å². The number of unbranched alkanes of at least 4 members (excludes halogenated alkanes) is 2. The van der Waals surface area contributed by atoms with Gasteiger partial charge in [0.15, 0.2) is 0 Å². The zero-order valence-electron chi connectivity index (χ0n) is 12.3. The minimum absolute atomic E-state index is 0.162. The summed E-state index contributed by atoms with van der Waals surface area (Å²) in [5.41, 5.74) is 1.46. The first-order valence-electron chi connectivity index (χ1n) is 6.98. The first kappa shape index (κ1) is 15.0. The lowest BCUT2D eigenvalue weighted by Gasteiger charge is -2.20. The Labute approximate surface area is 112 Å². The van der Waals surface area contributed by atoms with Gasteiger partial charge in [-0.1, -0.05) is 31.9 Å². The molecule has 0 fully saturated rings. The summed E-state index contributed by atoms with van der Waals surface area (Å²) in [7, 11) is 0. The van der Waals surface area contributed by atoms with Crippen molar-refractivity contribution in [2.45, 2.75) is 59.0 Å². The first-order valence-corrected chi connectivity index (χ1v) is 6.98. The summed E-state index contributed by atoms with van der Waals surface area (Å²) in [5.74, 6) is 0.977. The van der Waals surface area contributed by atoms with Crippen LogP contribution in [0.2, 0.25) is 0 Å². The van der Waals surface area contributed by atoms with Crippen LogP contribution >= 0.6 is 0 Å². The SMILES string of the molecule is CCCCCOc1ccc(CNC(C)(C)C)cc1. The Morgan fingerprint density at radius 1 is 1.06 bits per heavy atom. The van der Waals surface area contributed by atoms with Crippen LogP contribution in [0.1, 0.15) is 52.5 Å². The van der Waals surface area contributed by atoms with Crippen molar-refractivity contribution in [2.75, 3.05) is 6.61 Å². The summed E-state index contributed by atoms with van der Waals surface area (Å²) in [6.45, 7) is 10.5. The molecule has 2 heteroatoms. The molecule has 1 rings (SSSR count). The minimum Gasteiger partial charge on any atom is -0.494 e. The molecule has 0 aliphatic carbocycles. The van der Waals surface area contributed by atoms with Crippen molar-refractivity contribution in [3.63, 3.8) is 0 Å². The maximum Gasteiger partial charge on any atom is 0.119 e. The Kier molecular flexibility index (Phi) is 6.20. The van der Waals surface area contributed by atoms with Crippen LogP contribution in [-0.2, 0) is 6.54 Å². The third-order valence-electron chi connectivity index (χ3n) is 2.76. The highest BCUT2D eigenvalue weighted by molar-refractivity contribution is 5.27. The van der Waals surface area contributed by atoms with Gasteiger partial charge in [0.25, 0.3) is 0 Å². The summed E-state index contributed by atoms with van der Waals surface area (Å²) >= 11 is 0. The summed E-state index contributed by atoms with van der Waals surface area (Å²) in [6.07, 6.45) is 3.62. The fourth-order valence-corrected chi connectivity index (χ4v) is 1.61. The van der Waals surface area contributed by atoms with Crippen LogP contribution in [0.3, 0.4) is 0 Å². The van der Waals surface area contributed by atoms with Crippen LogP contribution in [0.5, 0.6) is 5.75 Å². The van der Waals surface area contributed by atoms with Gasteiger partial charge in [0, 0.05) is 12.1 Å². The lowest BCUT2D eigenvalue weighted by Crippen LogP contribution is -2.35. The number of rotatable bonds is 7. The molecule has 18 heavy (non-hydrogen) atoms. The number of hydrogen-bond acceptors (Lipinski definition) is 2. The van der Waals surface area contributed by atoms with Crippen LogP contribution in [0.15, 0.2) is 24.3 Å². The van der Waals surface area contributed by atoms with E-state index in [-0.39, 0.29) is 5.54 Å². The smallest absolute Gasteiger partial charge is 0.119 e. The van der Waals surface area contributed by atoms with Crippen LogP contribution in [-0.4, -0.2) is 12.1 Å². The number of nitrogens with one attached hydrogen (secondary N) is 1. The molecule has 0 saturated carbocycles. The average molecular weight is 249 g/mol. The van der Waals surface area contributed by atoms with Crippen LogP contribution in [0.4, 0.5) is 0 Å². The average Bonchev–Trinajstić information content (AvgIpc) is 2.33. The second kappa shape index (κ2) is 7.42. The summed E-state index contributed by atoms with van der Waals surface area (Å²) < 4.78 is 5.69. The topological polar surface area (TPSA) is 21.3 Å². The minimum atomic E-state index is 0.162. The molecule has 0 aliphatic rings. The fraction of sp³-hybridized carbons (Fsp3) is 0.625. The van der Waals surface area contributed by atoms with Gasteiger partial charge in [-0.15, -0.1) is 0 Å². The Bertz CT molecular complexity index is 324. The summed E-state index contributed by atoms with van der Waals surface area (Å²) in [6, 6.07) is 8.39. The maximum atomic E-state index is 5.69. The second-order valence-corrected chi connectivity index (χ2v) is 5.80. The van der Waals surface area contributed by atoms with Gasteiger partial charge in [-0.3, -0.25) is 0 Å². The molecule has 1 aromatic carbocycles. The van der Waals surface area contributed by atoms with E-state index in [0.717, 1.165) is 25.3 Å². The van der Waals surface area contributed by atoms with E-state index >= 15 is 0 Å². The zero-order valence-corrected chi connectivity index (χ0v) is 12.3. The van der Waals surface area contributed by atoms with E-state index in [1.54, 1.807) is 0 Å². The molecule has 0 atom stereocenters. The molecule has 1 aromatic rings. The monoisotopic (exact) mass is 249 g/mol.